The Morgan fingerprint density at radius 3 is 3.06 bits per heavy atom. The number of aliphatic hydroxyl groups is 1. The molecule has 0 bridgehead atoms. The quantitative estimate of drug-likeness (QED) is 0.871. The first-order valence-electron chi connectivity index (χ1n) is 5.62. The Hall–Kier alpha value is -1.07. The third-order valence-electron chi connectivity index (χ3n) is 2.94. The van der Waals surface area contributed by atoms with Gasteiger partial charge in [-0.05, 0) is 24.1 Å². The SMILES string of the molecule is NC1=NCC(CO)N1CCc1cccc(Br)c1. The third kappa shape index (κ3) is 2.98. The lowest BCUT2D eigenvalue weighted by Crippen LogP contribution is -2.43. The lowest BCUT2D eigenvalue weighted by molar-refractivity contribution is 0.196. The van der Waals surface area contributed by atoms with Crippen LogP contribution < -0.4 is 5.73 Å². The topological polar surface area (TPSA) is 61.9 Å². The minimum Gasteiger partial charge on any atom is -0.394 e. The molecule has 1 heterocycles. The maximum absolute atomic E-state index is 9.22. The van der Waals surface area contributed by atoms with E-state index in [4.69, 9.17) is 5.73 Å². The molecule has 5 heteroatoms. The largest absolute Gasteiger partial charge is 0.394 e. The van der Waals surface area contributed by atoms with Crippen LogP contribution in [-0.2, 0) is 6.42 Å². The van der Waals surface area contributed by atoms with Gasteiger partial charge >= 0.3 is 0 Å². The highest BCUT2D eigenvalue weighted by Gasteiger charge is 2.24. The summed E-state index contributed by atoms with van der Waals surface area (Å²) in [5.74, 6) is 0.541. The molecule has 0 fully saturated rings. The predicted octanol–water partition coefficient (Wildman–Crippen LogP) is 0.983. The van der Waals surface area contributed by atoms with Gasteiger partial charge in [-0.25, -0.2) is 0 Å². The van der Waals surface area contributed by atoms with Gasteiger partial charge in [0.25, 0.3) is 0 Å². The molecule has 3 N–H and O–H groups in total. The van der Waals surface area contributed by atoms with Crippen molar-refractivity contribution in [2.75, 3.05) is 19.7 Å². The summed E-state index contributed by atoms with van der Waals surface area (Å²) in [5, 5.41) is 9.22. The van der Waals surface area contributed by atoms with Crippen LogP contribution in [0.25, 0.3) is 0 Å². The van der Waals surface area contributed by atoms with Gasteiger partial charge in [-0.15, -0.1) is 0 Å². The van der Waals surface area contributed by atoms with E-state index in [1.165, 1.54) is 5.56 Å². The van der Waals surface area contributed by atoms with Crippen molar-refractivity contribution in [3.8, 4) is 0 Å². The molecule has 17 heavy (non-hydrogen) atoms. The van der Waals surface area contributed by atoms with Crippen molar-refractivity contribution in [1.82, 2.24) is 4.90 Å². The number of guanidine groups is 1. The average Bonchev–Trinajstić information content (AvgIpc) is 2.67. The summed E-state index contributed by atoms with van der Waals surface area (Å²) in [5.41, 5.74) is 7.04. The smallest absolute Gasteiger partial charge is 0.191 e. The average molecular weight is 298 g/mol. The summed E-state index contributed by atoms with van der Waals surface area (Å²) in [6, 6.07) is 8.25. The normalized spacial score (nSPS) is 19.5. The Labute approximate surface area is 109 Å². The minimum absolute atomic E-state index is 0.0437. The van der Waals surface area contributed by atoms with E-state index in [1.807, 2.05) is 17.0 Å². The van der Waals surface area contributed by atoms with Gasteiger partial charge in [0.1, 0.15) is 0 Å². The van der Waals surface area contributed by atoms with Crippen LogP contribution in [0.5, 0.6) is 0 Å². The molecule has 92 valence electrons. The maximum Gasteiger partial charge on any atom is 0.191 e. The molecule has 0 amide bonds. The molecule has 2 rings (SSSR count). The van der Waals surface area contributed by atoms with Gasteiger partial charge in [-0.1, -0.05) is 28.1 Å². The molecular formula is C12H16BrN3O. The second-order valence-corrected chi connectivity index (χ2v) is 5.02. The monoisotopic (exact) mass is 297 g/mol. The van der Waals surface area contributed by atoms with Crippen LogP contribution in [0.2, 0.25) is 0 Å². The molecule has 1 aromatic rings. The fourth-order valence-electron chi connectivity index (χ4n) is 1.97. The van der Waals surface area contributed by atoms with Crippen molar-refractivity contribution >= 4 is 21.9 Å². The van der Waals surface area contributed by atoms with Crippen LogP contribution in [0.1, 0.15) is 5.56 Å². The summed E-state index contributed by atoms with van der Waals surface area (Å²) < 4.78 is 1.08. The molecule has 1 atom stereocenters. The fraction of sp³-hybridized carbons (Fsp3) is 0.417. The van der Waals surface area contributed by atoms with Crippen molar-refractivity contribution in [3.05, 3.63) is 34.3 Å². The first-order chi connectivity index (χ1) is 8.20. The molecule has 0 saturated carbocycles. The van der Waals surface area contributed by atoms with E-state index >= 15 is 0 Å². The van der Waals surface area contributed by atoms with Crippen molar-refractivity contribution in [1.29, 1.82) is 0 Å². The number of hydrogen-bond donors (Lipinski definition) is 2. The number of nitrogens with two attached hydrogens (primary N) is 1. The zero-order valence-electron chi connectivity index (χ0n) is 9.51. The summed E-state index contributed by atoms with van der Waals surface area (Å²) in [6.07, 6.45) is 0.895. The van der Waals surface area contributed by atoms with Gasteiger partial charge in [0.2, 0.25) is 0 Å². The Morgan fingerprint density at radius 2 is 2.35 bits per heavy atom. The second-order valence-electron chi connectivity index (χ2n) is 4.11. The third-order valence-corrected chi connectivity index (χ3v) is 3.43. The zero-order chi connectivity index (χ0) is 12.3. The van der Waals surface area contributed by atoms with Crippen LogP contribution in [-0.4, -0.2) is 41.7 Å². The van der Waals surface area contributed by atoms with E-state index in [2.05, 4.69) is 33.1 Å². The highest BCUT2D eigenvalue weighted by atomic mass is 79.9. The van der Waals surface area contributed by atoms with Gasteiger partial charge in [0.05, 0.1) is 19.2 Å². The minimum atomic E-state index is 0.0437. The summed E-state index contributed by atoms with van der Waals surface area (Å²) >= 11 is 3.45. The summed E-state index contributed by atoms with van der Waals surface area (Å²) in [6.45, 7) is 1.49. The molecule has 0 aliphatic carbocycles. The molecule has 1 aromatic carbocycles. The summed E-state index contributed by atoms with van der Waals surface area (Å²) in [4.78, 5) is 6.12. The van der Waals surface area contributed by atoms with Gasteiger partial charge in [0, 0.05) is 11.0 Å². The Morgan fingerprint density at radius 1 is 1.53 bits per heavy atom. The van der Waals surface area contributed by atoms with Crippen molar-refractivity contribution in [3.63, 3.8) is 0 Å². The van der Waals surface area contributed by atoms with Gasteiger partial charge in [0.15, 0.2) is 5.96 Å². The van der Waals surface area contributed by atoms with Crippen LogP contribution in [0.4, 0.5) is 0 Å². The van der Waals surface area contributed by atoms with E-state index in [-0.39, 0.29) is 12.6 Å². The number of aliphatic hydroxyl groups excluding tert-OH is 1. The Balaban J connectivity index is 1.95. The molecule has 0 aromatic heterocycles. The highest BCUT2D eigenvalue weighted by molar-refractivity contribution is 9.10. The molecular weight excluding hydrogens is 282 g/mol. The summed E-state index contributed by atoms with van der Waals surface area (Å²) in [7, 11) is 0. The van der Waals surface area contributed by atoms with Gasteiger partial charge in [-0.3, -0.25) is 4.99 Å². The van der Waals surface area contributed by atoms with Crippen molar-refractivity contribution in [2.24, 2.45) is 10.7 Å². The number of benzene rings is 1. The second kappa shape index (κ2) is 5.51. The zero-order valence-corrected chi connectivity index (χ0v) is 11.1. The van der Waals surface area contributed by atoms with Crippen LogP contribution >= 0.6 is 15.9 Å². The van der Waals surface area contributed by atoms with E-state index < -0.39 is 0 Å². The van der Waals surface area contributed by atoms with Crippen LogP contribution in [0.15, 0.2) is 33.7 Å². The Kier molecular flexibility index (Phi) is 4.02. The van der Waals surface area contributed by atoms with Gasteiger partial charge < -0.3 is 15.7 Å². The highest BCUT2D eigenvalue weighted by Crippen LogP contribution is 2.14. The van der Waals surface area contributed by atoms with E-state index in [0.29, 0.717) is 12.5 Å². The van der Waals surface area contributed by atoms with Gasteiger partial charge in [-0.2, -0.15) is 0 Å². The van der Waals surface area contributed by atoms with E-state index in [9.17, 15) is 5.11 Å². The molecule has 0 radical (unpaired) electrons. The van der Waals surface area contributed by atoms with E-state index in [1.54, 1.807) is 0 Å². The number of rotatable bonds is 4. The van der Waals surface area contributed by atoms with Crippen molar-refractivity contribution in [2.45, 2.75) is 12.5 Å². The number of nitrogens with zero attached hydrogens (tertiary/aromatic N) is 2. The van der Waals surface area contributed by atoms with E-state index in [0.717, 1.165) is 17.4 Å². The first-order valence-corrected chi connectivity index (χ1v) is 6.42. The number of hydrogen-bond acceptors (Lipinski definition) is 4. The predicted molar refractivity (Wildman–Crippen MR) is 71.9 cm³/mol. The van der Waals surface area contributed by atoms with Crippen LogP contribution in [0.3, 0.4) is 0 Å². The van der Waals surface area contributed by atoms with Crippen molar-refractivity contribution < 1.29 is 5.11 Å². The first kappa shape index (κ1) is 12.4. The maximum atomic E-state index is 9.22. The van der Waals surface area contributed by atoms with Crippen LogP contribution in [0, 0.1) is 0 Å². The lowest BCUT2D eigenvalue weighted by Gasteiger charge is -2.24. The molecule has 1 aliphatic rings. The molecule has 1 aliphatic heterocycles. The number of halogens is 1. The molecule has 4 nitrogen and oxygen atoms in total. The molecule has 0 saturated heterocycles. The Bertz CT molecular complexity index is 422. The fourth-order valence-corrected chi connectivity index (χ4v) is 2.42. The lowest BCUT2D eigenvalue weighted by atomic mass is 10.1. The number of aliphatic imine (C=N–C) groups is 1. The molecule has 0 spiro atoms. The standard InChI is InChI=1S/C12H16BrN3O/c13-10-3-1-2-9(6-10)4-5-16-11(8-17)7-15-12(16)14/h1-3,6,11,17H,4-5,7-8H2,(H2,14,15). The molecule has 1 unspecified atom stereocenters.